The van der Waals surface area contributed by atoms with Crippen molar-refractivity contribution >= 4 is 34.1 Å². The molecule has 0 fully saturated rings. The Bertz CT molecular complexity index is 995. The highest BCUT2D eigenvalue weighted by atomic mass is 32.2. The van der Waals surface area contributed by atoms with Crippen molar-refractivity contribution in [1.82, 2.24) is 15.3 Å². The van der Waals surface area contributed by atoms with E-state index in [1.165, 1.54) is 11.3 Å². The van der Waals surface area contributed by atoms with E-state index in [9.17, 15) is 4.79 Å². The zero-order chi connectivity index (χ0) is 22.3. The van der Waals surface area contributed by atoms with Gasteiger partial charge in [0.05, 0.1) is 35.4 Å². The molecule has 0 aliphatic rings. The molecule has 166 valence electrons. The molecule has 31 heavy (non-hydrogen) atoms. The lowest BCUT2D eigenvalue weighted by molar-refractivity contribution is -0.115. The van der Waals surface area contributed by atoms with E-state index in [4.69, 9.17) is 9.52 Å². The number of anilines is 1. The first kappa shape index (κ1) is 23.5. The van der Waals surface area contributed by atoms with Gasteiger partial charge in [-0.1, -0.05) is 56.4 Å². The van der Waals surface area contributed by atoms with E-state index in [1.54, 1.807) is 24.2 Å². The molecular formula is C22H28N4O3S2. The minimum absolute atomic E-state index is 0.0622. The number of rotatable bonds is 10. The number of carbonyl (C=O) groups excluding carboxylic acids is 1. The summed E-state index contributed by atoms with van der Waals surface area (Å²) >= 11 is 3.02. The van der Waals surface area contributed by atoms with Crippen LogP contribution in [0.5, 0.6) is 0 Å². The third kappa shape index (κ3) is 7.46. The second-order valence-corrected chi connectivity index (χ2v) is 10.4. The van der Waals surface area contributed by atoms with Gasteiger partial charge in [0.25, 0.3) is 0 Å². The van der Waals surface area contributed by atoms with E-state index in [-0.39, 0.29) is 24.3 Å². The van der Waals surface area contributed by atoms with E-state index < -0.39 is 0 Å². The molecule has 3 N–H and O–H groups in total. The van der Waals surface area contributed by atoms with Gasteiger partial charge < -0.3 is 20.2 Å². The Morgan fingerprint density at radius 1 is 1.23 bits per heavy atom. The minimum atomic E-state index is -0.103. The Labute approximate surface area is 190 Å². The molecule has 1 aromatic carbocycles. The second-order valence-electron chi connectivity index (χ2n) is 8.09. The van der Waals surface area contributed by atoms with Crippen LogP contribution in [-0.4, -0.2) is 34.1 Å². The van der Waals surface area contributed by atoms with Gasteiger partial charge in [0.2, 0.25) is 11.8 Å². The second kappa shape index (κ2) is 10.9. The Balaban J connectivity index is 1.48. The minimum Gasteiger partial charge on any atom is -0.444 e. The van der Waals surface area contributed by atoms with Crippen molar-refractivity contribution < 1.29 is 14.3 Å². The highest BCUT2D eigenvalue weighted by Gasteiger charge is 2.19. The van der Waals surface area contributed by atoms with Crippen molar-refractivity contribution in [3.05, 3.63) is 59.4 Å². The summed E-state index contributed by atoms with van der Waals surface area (Å²) in [6, 6.07) is 7.86. The van der Waals surface area contributed by atoms with E-state index in [0.717, 1.165) is 21.1 Å². The molecule has 2 aromatic heterocycles. The first-order valence-electron chi connectivity index (χ1n) is 10.1. The van der Waals surface area contributed by atoms with Gasteiger partial charge >= 0.3 is 0 Å². The molecule has 0 bridgehead atoms. The van der Waals surface area contributed by atoms with Crippen LogP contribution >= 0.6 is 23.1 Å². The maximum atomic E-state index is 12.4. The lowest BCUT2D eigenvalue weighted by Crippen LogP contribution is -2.18. The van der Waals surface area contributed by atoms with Crippen LogP contribution in [0.4, 0.5) is 5.13 Å². The molecule has 0 aliphatic heterocycles. The number of thioether (sulfide) groups is 1. The summed E-state index contributed by atoms with van der Waals surface area (Å²) in [5, 5.41) is 15.4. The molecule has 7 nitrogen and oxygen atoms in total. The predicted octanol–water partition coefficient (Wildman–Crippen LogP) is 3.98. The molecule has 3 aromatic rings. The van der Waals surface area contributed by atoms with E-state index >= 15 is 0 Å². The number of hydrogen-bond acceptors (Lipinski definition) is 8. The standard InChI is InChI=1S/C22H28N4O3S2/c1-22(2,3)17-12-24-19(29-17)14-30-20-13-25-21(31-20)26-18(28)10-15-5-4-6-16(9-15)11-23-7-8-27/h4-6,9,12-13,23,27H,7-8,10-11,14H2,1-3H3,(H,25,26,28). The topological polar surface area (TPSA) is 100 Å². The van der Waals surface area contributed by atoms with Gasteiger partial charge in [0, 0.05) is 18.5 Å². The number of aromatic nitrogens is 2. The molecular weight excluding hydrogens is 432 g/mol. The zero-order valence-electron chi connectivity index (χ0n) is 18.0. The lowest BCUT2D eigenvalue weighted by Gasteiger charge is -2.12. The van der Waals surface area contributed by atoms with Gasteiger partial charge in [-0.2, -0.15) is 0 Å². The van der Waals surface area contributed by atoms with Crippen molar-refractivity contribution in [3.63, 3.8) is 0 Å². The van der Waals surface area contributed by atoms with Crippen LogP contribution in [0.3, 0.4) is 0 Å². The molecule has 0 radical (unpaired) electrons. The SMILES string of the molecule is CC(C)(C)c1cnc(CSc2cnc(NC(=O)Cc3cccc(CNCCO)c3)s2)o1. The van der Waals surface area contributed by atoms with Crippen LogP contribution < -0.4 is 10.6 Å². The summed E-state index contributed by atoms with van der Waals surface area (Å²) in [5.74, 6) is 2.06. The van der Waals surface area contributed by atoms with E-state index in [1.807, 2.05) is 24.3 Å². The number of hydrogen-bond donors (Lipinski definition) is 3. The monoisotopic (exact) mass is 460 g/mol. The van der Waals surface area contributed by atoms with Gasteiger partial charge in [-0.15, -0.1) is 11.8 Å². The fourth-order valence-electron chi connectivity index (χ4n) is 2.75. The number of amides is 1. The van der Waals surface area contributed by atoms with E-state index in [0.29, 0.717) is 29.9 Å². The Hall–Kier alpha value is -2.20. The van der Waals surface area contributed by atoms with Gasteiger partial charge in [-0.05, 0) is 11.1 Å². The average Bonchev–Trinajstić information content (AvgIpc) is 3.36. The first-order valence-corrected chi connectivity index (χ1v) is 11.9. The van der Waals surface area contributed by atoms with Gasteiger partial charge in [-0.25, -0.2) is 9.97 Å². The Morgan fingerprint density at radius 3 is 2.77 bits per heavy atom. The zero-order valence-corrected chi connectivity index (χ0v) is 19.6. The number of aliphatic hydroxyl groups excluding tert-OH is 1. The summed E-state index contributed by atoms with van der Waals surface area (Å²) in [6.07, 6.45) is 3.82. The molecule has 3 rings (SSSR count). The molecule has 1 amide bonds. The number of carbonyl (C=O) groups is 1. The number of thiazole rings is 1. The fraction of sp³-hybridized carbons (Fsp3) is 0.409. The highest BCUT2D eigenvalue weighted by molar-refractivity contribution is 8.00. The van der Waals surface area contributed by atoms with Crippen molar-refractivity contribution in [3.8, 4) is 0 Å². The van der Waals surface area contributed by atoms with Crippen LogP contribution in [0.15, 0.2) is 45.3 Å². The third-order valence-corrected chi connectivity index (χ3v) is 6.43. The quantitative estimate of drug-likeness (QED) is 0.311. The average molecular weight is 461 g/mol. The predicted molar refractivity (Wildman–Crippen MR) is 124 cm³/mol. The highest BCUT2D eigenvalue weighted by Crippen LogP contribution is 2.31. The van der Waals surface area contributed by atoms with Crippen molar-refractivity contribution in [2.24, 2.45) is 0 Å². The Kier molecular flexibility index (Phi) is 8.25. The third-order valence-electron chi connectivity index (χ3n) is 4.34. The largest absolute Gasteiger partial charge is 0.444 e. The summed E-state index contributed by atoms with van der Waals surface area (Å²) in [4.78, 5) is 21.1. The summed E-state index contributed by atoms with van der Waals surface area (Å²) in [5.41, 5.74) is 1.95. The molecule has 0 saturated heterocycles. The van der Waals surface area contributed by atoms with Crippen LogP contribution in [-0.2, 0) is 28.9 Å². The molecule has 0 saturated carbocycles. The Morgan fingerprint density at radius 2 is 2.03 bits per heavy atom. The number of nitrogens with zero attached hydrogens (tertiary/aromatic N) is 2. The summed E-state index contributed by atoms with van der Waals surface area (Å²) < 4.78 is 6.80. The molecule has 0 unspecified atom stereocenters. The normalized spacial score (nSPS) is 11.6. The first-order chi connectivity index (χ1) is 14.8. The van der Waals surface area contributed by atoms with Crippen molar-refractivity contribution in [2.45, 2.75) is 49.1 Å². The molecule has 9 heteroatoms. The van der Waals surface area contributed by atoms with Crippen LogP contribution in [0.25, 0.3) is 0 Å². The number of aliphatic hydroxyl groups is 1. The molecule has 0 aliphatic carbocycles. The van der Waals surface area contributed by atoms with Crippen LogP contribution in [0, 0.1) is 0 Å². The fourth-order valence-corrected chi connectivity index (χ4v) is 4.49. The van der Waals surface area contributed by atoms with Crippen molar-refractivity contribution in [1.29, 1.82) is 0 Å². The lowest BCUT2D eigenvalue weighted by atomic mass is 9.94. The van der Waals surface area contributed by atoms with Gasteiger partial charge in [0.15, 0.2) is 5.13 Å². The number of oxazole rings is 1. The smallest absolute Gasteiger partial charge is 0.230 e. The molecule has 0 spiro atoms. The molecule has 0 atom stereocenters. The van der Waals surface area contributed by atoms with Gasteiger partial charge in [-0.3, -0.25) is 4.79 Å². The van der Waals surface area contributed by atoms with Crippen LogP contribution in [0.1, 0.15) is 43.5 Å². The van der Waals surface area contributed by atoms with Crippen molar-refractivity contribution in [2.75, 3.05) is 18.5 Å². The summed E-state index contributed by atoms with van der Waals surface area (Å²) in [7, 11) is 0. The molecule has 2 heterocycles. The van der Waals surface area contributed by atoms with E-state index in [2.05, 4.69) is 41.4 Å². The maximum Gasteiger partial charge on any atom is 0.230 e. The summed E-state index contributed by atoms with van der Waals surface area (Å²) in [6.45, 7) is 7.58. The maximum absolute atomic E-state index is 12.4. The number of benzene rings is 1. The number of nitrogens with one attached hydrogen (secondary N) is 2. The van der Waals surface area contributed by atoms with Crippen LogP contribution in [0.2, 0.25) is 0 Å². The van der Waals surface area contributed by atoms with Gasteiger partial charge in [0.1, 0.15) is 5.76 Å².